The molecule has 0 atom stereocenters. The number of amides is 2. The van der Waals surface area contributed by atoms with E-state index in [9.17, 15) is 9.59 Å². The van der Waals surface area contributed by atoms with Crippen LogP contribution < -0.4 is 5.32 Å². The Morgan fingerprint density at radius 2 is 2.00 bits per heavy atom. The van der Waals surface area contributed by atoms with Crippen molar-refractivity contribution in [3.63, 3.8) is 0 Å². The van der Waals surface area contributed by atoms with Crippen molar-refractivity contribution in [2.75, 3.05) is 19.6 Å². The molecule has 16 heavy (non-hydrogen) atoms. The van der Waals surface area contributed by atoms with Gasteiger partial charge in [-0.25, -0.2) is 4.79 Å². The van der Waals surface area contributed by atoms with Gasteiger partial charge in [0.2, 0.25) is 0 Å². The van der Waals surface area contributed by atoms with E-state index in [1.54, 1.807) is 0 Å². The number of hydrogen-bond acceptors (Lipinski definition) is 2. The zero-order valence-electron chi connectivity index (χ0n) is 8.90. The molecule has 0 bridgehead atoms. The molecule has 0 fully saturated rings. The summed E-state index contributed by atoms with van der Waals surface area (Å²) in [4.78, 5) is 22.9. The van der Waals surface area contributed by atoms with Crippen molar-refractivity contribution >= 4 is 12.0 Å². The molecule has 0 unspecified atom stereocenters. The van der Waals surface area contributed by atoms with Crippen molar-refractivity contribution in [3.8, 4) is 24.7 Å². The first-order valence-electron chi connectivity index (χ1n) is 4.73. The lowest BCUT2D eigenvalue weighted by molar-refractivity contribution is -0.137. The minimum absolute atomic E-state index is 0.0345. The number of carbonyl (C=O) groups excluding carboxylic acids is 1. The summed E-state index contributed by atoms with van der Waals surface area (Å²) < 4.78 is 0. The number of hydrogen-bond donors (Lipinski definition) is 2. The summed E-state index contributed by atoms with van der Waals surface area (Å²) in [6, 6.07) is -0.489. The molecular weight excluding hydrogens is 208 g/mol. The quantitative estimate of drug-likeness (QED) is 0.495. The van der Waals surface area contributed by atoms with Crippen LogP contribution in [0.1, 0.15) is 12.8 Å². The standard InChI is InChI=1S/C11H14N2O3/c1-3-5-6-7-12-11(16)13(8-4-2)9-10(14)15/h1-2H,5-9H2,(H,12,16)(H,14,15). The topological polar surface area (TPSA) is 69.6 Å². The molecule has 0 aromatic rings. The number of carboxylic acid groups (broad SMARTS) is 1. The van der Waals surface area contributed by atoms with E-state index in [1.165, 1.54) is 0 Å². The number of carbonyl (C=O) groups is 2. The minimum Gasteiger partial charge on any atom is -0.480 e. The summed E-state index contributed by atoms with van der Waals surface area (Å²) in [6.45, 7) is -0.0395. The minimum atomic E-state index is -1.10. The van der Waals surface area contributed by atoms with Gasteiger partial charge >= 0.3 is 12.0 Å². The molecule has 5 heteroatoms. The Bertz CT molecular complexity index is 325. The summed E-state index contributed by atoms with van der Waals surface area (Å²) in [5.41, 5.74) is 0. The number of nitrogens with zero attached hydrogens (tertiary/aromatic N) is 1. The Labute approximate surface area is 94.8 Å². The van der Waals surface area contributed by atoms with Crippen LogP contribution in [0.15, 0.2) is 0 Å². The van der Waals surface area contributed by atoms with Crippen molar-refractivity contribution in [1.29, 1.82) is 0 Å². The fourth-order valence-electron chi connectivity index (χ4n) is 0.971. The summed E-state index contributed by atoms with van der Waals surface area (Å²) in [5, 5.41) is 11.1. The van der Waals surface area contributed by atoms with Crippen LogP contribution in [0.25, 0.3) is 0 Å². The van der Waals surface area contributed by atoms with Gasteiger partial charge in [-0.3, -0.25) is 4.79 Å². The summed E-state index contributed by atoms with van der Waals surface area (Å²) in [6.07, 6.45) is 11.3. The molecule has 0 heterocycles. The first-order chi connectivity index (χ1) is 7.61. The number of carboxylic acids is 1. The molecule has 0 spiro atoms. The maximum Gasteiger partial charge on any atom is 0.323 e. The predicted octanol–water partition coefficient (Wildman–Crippen LogP) is 0.129. The molecule has 0 aliphatic carbocycles. The van der Waals surface area contributed by atoms with Crippen LogP contribution >= 0.6 is 0 Å². The molecule has 0 aliphatic heterocycles. The summed E-state index contributed by atoms with van der Waals surface area (Å²) >= 11 is 0. The zero-order chi connectivity index (χ0) is 12.4. The molecule has 0 aliphatic rings. The number of aliphatic carboxylic acids is 1. The lowest BCUT2D eigenvalue weighted by Crippen LogP contribution is -2.43. The van der Waals surface area contributed by atoms with E-state index in [0.29, 0.717) is 19.4 Å². The highest BCUT2D eigenvalue weighted by molar-refractivity contribution is 5.80. The SMILES string of the molecule is C#CCCCNC(=O)N(CC#C)CC(=O)O. The van der Waals surface area contributed by atoms with Crippen LogP contribution in [-0.4, -0.2) is 41.6 Å². The molecule has 0 aromatic heterocycles. The molecule has 0 saturated carbocycles. The van der Waals surface area contributed by atoms with Crippen LogP contribution in [0.5, 0.6) is 0 Å². The van der Waals surface area contributed by atoms with Crippen molar-refractivity contribution < 1.29 is 14.7 Å². The molecule has 0 saturated heterocycles. The fraction of sp³-hybridized carbons (Fsp3) is 0.455. The molecule has 86 valence electrons. The molecule has 0 rings (SSSR count). The summed E-state index contributed by atoms with van der Waals surface area (Å²) in [7, 11) is 0. The molecule has 2 N–H and O–H groups in total. The van der Waals surface area contributed by atoms with E-state index in [0.717, 1.165) is 4.90 Å². The van der Waals surface area contributed by atoms with E-state index >= 15 is 0 Å². The van der Waals surface area contributed by atoms with Gasteiger partial charge in [-0.2, -0.15) is 0 Å². The predicted molar refractivity (Wildman–Crippen MR) is 59.5 cm³/mol. The largest absolute Gasteiger partial charge is 0.480 e. The van der Waals surface area contributed by atoms with Gasteiger partial charge in [0.25, 0.3) is 0 Å². The van der Waals surface area contributed by atoms with Crippen molar-refractivity contribution in [3.05, 3.63) is 0 Å². The maximum atomic E-state index is 11.4. The zero-order valence-corrected chi connectivity index (χ0v) is 8.90. The van der Waals surface area contributed by atoms with Crippen molar-refractivity contribution in [2.45, 2.75) is 12.8 Å². The Kier molecular flexibility index (Phi) is 7.10. The van der Waals surface area contributed by atoms with Gasteiger partial charge in [-0.05, 0) is 6.42 Å². The molecule has 0 radical (unpaired) electrons. The third kappa shape index (κ3) is 6.33. The number of nitrogens with one attached hydrogen (secondary N) is 1. The highest BCUT2D eigenvalue weighted by atomic mass is 16.4. The fourth-order valence-corrected chi connectivity index (χ4v) is 0.971. The lowest BCUT2D eigenvalue weighted by atomic mass is 10.3. The molecule has 0 aromatic carbocycles. The summed E-state index contributed by atoms with van der Waals surface area (Å²) in [5.74, 6) is 3.56. The number of rotatable bonds is 6. The Hall–Kier alpha value is -2.14. The van der Waals surface area contributed by atoms with Gasteiger partial charge in [0.15, 0.2) is 0 Å². The maximum absolute atomic E-state index is 11.4. The number of unbranched alkanes of at least 4 members (excludes halogenated alkanes) is 1. The van der Waals surface area contributed by atoms with Crippen LogP contribution in [-0.2, 0) is 4.79 Å². The number of terminal acetylenes is 2. The van der Waals surface area contributed by atoms with Gasteiger partial charge in [0, 0.05) is 13.0 Å². The normalized spacial score (nSPS) is 8.62. The lowest BCUT2D eigenvalue weighted by Gasteiger charge is -2.18. The van der Waals surface area contributed by atoms with Crippen LogP contribution in [0.3, 0.4) is 0 Å². The second-order valence-corrected chi connectivity index (χ2v) is 2.99. The van der Waals surface area contributed by atoms with Gasteiger partial charge in [0.05, 0.1) is 6.54 Å². The van der Waals surface area contributed by atoms with E-state index in [2.05, 4.69) is 17.2 Å². The second kappa shape index (κ2) is 8.19. The van der Waals surface area contributed by atoms with E-state index in [-0.39, 0.29) is 6.54 Å². The van der Waals surface area contributed by atoms with Crippen molar-refractivity contribution in [1.82, 2.24) is 10.2 Å². The molecule has 2 amide bonds. The first-order valence-corrected chi connectivity index (χ1v) is 4.73. The van der Waals surface area contributed by atoms with Crippen LogP contribution in [0.2, 0.25) is 0 Å². The van der Waals surface area contributed by atoms with E-state index in [4.69, 9.17) is 18.0 Å². The van der Waals surface area contributed by atoms with Gasteiger partial charge < -0.3 is 15.3 Å². The van der Waals surface area contributed by atoms with Crippen LogP contribution in [0, 0.1) is 24.7 Å². The average Bonchev–Trinajstić information content (AvgIpc) is 2.23. The Morgan fingerprint density at radius 1 is 1.31 bits per heavy atom. The smallest absolute Gasteiger partial charge is 0.323 e. The highest BCUT2D eigenvalue weighted by Crippen LogP contribution is 1.90. The number of urea groups is 1. The average molecular weight is 222 g/mol. The monoisotopic (exact) mass is 222 g/mol. The van der Waals surface area contributed by atoms with Gasteiger partial charge in [-0.15, -0.1) is 18.8 Å². The molecule has 5 nitrogen and oxygen atoms in total. The molecular formula is C11H14N2O3. The third-order valence-corrected chi connectivity index (χ3v) is 1.67. The van der Waals surface area contributed by atoms with E-state index in [1.807, 2.05) is 0 Å². The van der Waals surface area contributed by atoms with Crippen LogP contribution in [0.4, 0.5) is 4.79 Å². The highest BCUT2D eigenvalue weighted by Gasteiger charge is 2.14. The Morgan fingerprint density at radius 3 is 2.50 bits per heavy atom. The Balaban J connectivity index is 4.03. The van der Waals surface area contributed by atoms with Crippen molar-refractivity contribution in [2.24, 2.45) is 0 Å². The van der Waals surface area contributed by atoms with Gasteiger partial charge in [0.1, 0.15) is 6.54 Å². The third-order valence-electron chi connectivity index (χ3n) is 1.67. The first kappa shape index (κ1) is 13.9. The van der Waals surface area contributed by atoms with Gasteiger partial charge in [-0.1, -0.05) is 5.92 Å². The second-order valence-electron chi connectivity index (χ2n) is 2.99. The van der Waals surface area contributed by atoms with E-state index < -0.39 is 18.5 Å².